The summed E-state index contributed by atoms with van der Waals surface area (Å²) < 4.78 is 7.56. The number of aromatic nitrogens is 1. The van der Waals surface area contributed by atoms with Crippen molar-refractivity contribution in [2.24, 2.45) is 0 Å². The summed E-state index contributed by atoms with van der Waals surface area (Å²) in [5.41, 5.74) is 1.41. The topological polar surface area (TPSA) is 51.5 Å². The van der Waals surface area contributed by atoms with Gasteiger partial charge in [-0.25, -0.2) is 0 Å². The molecule has 0 aliphatic heterocycles. The van der Waals surface area contributed by atoms with E-state index in [1.807, 2.05) is 42.6 Å². The Kier molecular flexibility index (Phi) is 16.5. The Balaban J connectivity index is 1.54. The summed E-state index contributed by atoms with van der Waals surface area (Å²) >= 11 is 0. The number of pyridine rings is 1. The fourth-order valence-electron chi connectivity index (χ4n) is 4.51. The molecule has 36 heavy (non-hydrogen) atoms. The minimum absolute atomic E-state index is 0.181. The van der Waals surface area contributed by atoms with Crippen molar-refractivity contribution in [2.75, 3.05) is 6.61 Å². The highest BCUT2D eigenvalue weighted by Gasteiger charge is 2.06. The second kappa shape index (κ2) is 19.8. The van der Waals surface area contributed by atoms with E-state index in [0.29, 0.717) is 18.1 Å². The van der Waals surface area contributed by atoms with Crippen molar-refractivity contribution in [1.29, 1.82) is 0 Å². The maximum absolute atomic E-state index is 12.4. The molecule has 0 saturated heterocycles. The van der Waals surface area contributed by atoms with Crippen molar-refractivity contribution < 1.29 is 9.84 Å². The Hall–Kier alpha value is -2.33. The van der Waals surface area contributed by atoms with Gasteiger partial charge in [-0.15, -0.1) is 0 Å². The van der Waals surface area contributed by atoms with E-state index >= 15 is 0 Å². The van der Waals surface area contributed by atoms with Gasteiger partial charge in [-0.2, -0.15) is 0 Å². The monoisotopic (exact) mass is 495 g/mol. The van der Waals surface area contributed by atoms with Crippen molar-refractivity contribution in [3.8, 4) is 5.75 Å². The minimum Gasteiger partial charge on any atom is -0.488 e. The summed E-state index contributed by atoms with van der Waals surface area (Å²) in [5.74, 6) is 0.339. The van der Waals surface area contributed by atoms with E-state index in [4.69, 9.17) is 4.74 Å². The first kappa shape index (κ1) is 29.9. The van der Waals surface area contributed by atoms with Gasteiger partial charge >= 0.3 is 0 Å². The smallest absolute Gasteiger partial charge is 0.223 e. The number of nitrogens with zero attached hydrogens (tertiary/aromatic N) is 1. The average molecular weight is 496 g/mol. The zero-order chi connectivity index (χ0) is 25.7. The van der Waals surface area contributed by atoms with Gasteiger partial charge in [0.15, 0.2) is 5.75 Å². The Morgan fingerprint density at radius 3 is 1.83 bits per heavy atom. The zero-order valence-electron chi connectivity index (χ0n) is 22.6. The van der Waals surface area contributed by atoms with Gasteiger partial charge in [0.25, 0.3) is 0 Å². The molecule has 0 spiro atoms. The molecule has 1 aromatic heterocycles. The molecule has 0 saturated carbocycles. The van der Waals surface area contributed by atoms with E-state index in [9.17, 15) is 9.90 Å². The molecule has 0 aliphatic rings. The molecular formula is C32H49NO3. The van der Waals surface area contributed by atoms with Crippen LogP contribution < -0.4 is 10.2 Å². The fraction of sp³-hybridized carbons (Fsp3) is 0.594. The lowest BCUT2D eigenvalue weighted by Crippen LogP contribution is -2.13. The van der Waals surface area contributed by atoms with Crippen LogP contribution in [0.2, 0.25) is 0 Å². The molecule has 1 heterocycles. The maximum Gasteiger partial charge on any atom is 0.223 e. The van der Waals surface area contributed by atoms with E-state index in [-0.39, 0.29) is 12.0 Å². The predicted octanol–water partition coefficient (Wildman–Crippen LogP) is 8.61. The highest BCUT2D eigenvalue weighted by molar-refractivity contribution is 5.60. The first-order chi connectivity index (χ1) is 17.7. The lowest BCUT2D eigenvalue weighted by atomic mass is 10.0. The molecule has 0 fully saturated rings. The highest BCUT2D eigenvalue weighted by atomic mass is 16.5. The average Bonchev–Trinajstić information content (AvgIpc) is 2.90. The van der Waals surface area contributed by atoms with Crippen molar-refractivity contribution in [3.05, 3.63) is 64.1 Å². The van der Waals surface area contributed by atoms with Gasteiger partial charge in [0, 0.05) is 12.3 Å². The van der Waals surface area contributed by atoms with Crippen LogP contribution in [-0.4, -0.2) is 16.3 Å². The van der Waals surface area contributed by atoms with Crippen molar-refractivity contribution in [2.45, 2.75) is 116 Å². The predicted molar refractivity (Wildman–Crippen MR) is 153 cm³/mol. The molecule has 1 N–H and O–H groups in total. The third kappa shape index (κ3) is 13.1. The third-order valence-electron chi connectivity index (χ3n) is 6.77. The van der Waals surface area contributed by atoms with E-state index in [0.717, 1.165) is 18.4 Å². The summed E-state index contributed by atoms with van der Waals surface area (Å²) in [7, 11) is 0. The van der Waals surface area contributed by atoms with Gasteiger partial charge in [-0.05, 0) is 18.1 Å². The van der Waals surface area contributed by atoms with Crippen LogP contribution in [0.4, 0.5) is 0 Å². The molecule has 1 aromatic carbocycles. The van der Waals surface area contributed by atoms with Gasteiger partial charge in [-0.1, -0.05) is 134 Å². The lowest BCUT2D eigenvalue weighted by molar-refractivity contribution is 0.271. The largest absolute Gasteiger partial charge is 0.488 e. The molecule has 4 heteroatoms. The van der Waals surface area contributed by atoms with Gasteiger partial charge in [0.05, 0.1) is 25.1 Å². The summed E-state index contributed by atoms with van der Waals surface area (Å²) in [6, 6.07) is 11.4. The number of aliphatic hydroxyl groups is 1. The molecule has 0 atom stereocenters. The van der Waals surface area contributed by atoms with Crippen LogP contribution in [-0.2, 0) is 6.61 Å². The van der Waals surface area contributed by atoms with Gasteiger partial charge in [0.2, 0.25) is 5.43 Å². The molecular weight excluding hydrogens is 446 g/mol. The number of hydrogen-bond donors (Lipinski definition) is 1. The number of benzene rings is 1. The Labute approximate surface area is 219 Å². The maximum atomic E-state index is 12.4. The fourth-order valence-corrected chi connectivity index (χ4v) is 4.51. The second-order valence-electron chi connectivity index (χ2n) is 9.94. The summed E-state index contributed by atoms with van der Waals surface area (Å²) in [5, 5.41) is 9.63. The van der Waals surface area contributed by atoms with Crippen molar-refractivity contribution in [1.82, 2.24) is 4.57 Å². The molecule has 0 radical (unpaired) electrons. The first-order valence-corrected chi connectivity index (χ1v) is 14.5. The molecule has 2 rings (SSSR count). The molecule has 200 valence electrons. The van der Waals surface area contributed by atoms with Crippen LogP contribution in [0.25, 0.3) is 12.3 Å². The Morgan fingerprint density at radius 2 is 1.31 bits per heavy atom. The highest BCUT2D eigenvalue weighted by Crippen LogP contribution is 2.15. The van der Waals surface area contributed by atoms with Crippen LogP contribution in [0.5, 0.6) is 5.75 Å². The number of aliphatic hydroxyl groups excluding tert-OH is 1. The van der Waals surface area contributed by atoms with Crippen molar-refractivity contribution in [3.63, 3.8) is 0 Å². The number of ether oxygens (including phenoxy) is 1. The summed E-state index contributed by atoms with van der Waals surface area (Å²) in [6.07, 6.45) is 26.8. The molecule has 0 amide bonds. The van der Waals surface area contributed by atoms with Gasteiger partial charge < -0.3 is 14.4 Å². The summed E-state index contributed by atoms with van der Waals surface area (Å²) in [6.45, 7) is 2.63. The minimum atomic E-state index is -0.201. The van der Waals surface area contributed by atoms with Crippen LogP contribution in [0.3, 0.4) is 0 Å². The second-order valence-corrected chi connectivity index (χ2v) is 9.94. The lowest BCUT2D eigenvalue weighted by Gasteiger charge is -2.11. The summed E-state index contributed by atoms with van der Waals surface area (Å²) in [4.78, 5) is 12.4. The third-order valence-corrected chi connectivity index (χ3v) is 6.77. The normalized spacial score (nSPS) is 11.4. The Bertz CT molecular complexity index is 888. The zero-order valence-corrected chi connectivity index (χ0v) is 22.6. The molecule has 0 bridgehead atoms. The Morgan fingerprint density at radius 1 is 0.778 bits per heavy atom. The van der Waals surface area contributed by atoms with Crippen molar-refractivity contribution >= 4 is 12.3 Å². The van der Waals surface area contributed by atoms with E-state index in [1.165, 1.54) is 96.0 Å². The first-order valence-electron chi connectivity index (χ1n) is 14.5. The standard InChI is InChI=1S/C32H49NO3/c1-2-3-4-5-6-7-8-9-10-11-12-13-14-15-16-20-25-36-32-27-33(30(28-34)26-31(32)35)24-23-29-21-18-17-19-22-29/h17-19,21-24,26-27,34H,2-16,20,25,28H2,1H3. The van der Waals surface area contributed by atoms with Crippen LogP contribution >= 0.6 is 0 Å². The van der Waals surface area contributed by atoms with Crippen LogP contribution in [0.15, 0.2) is 47.4 Å². The molecule has 4 nitrogen and oxygen atoms in total. The van der Waals surface area contributed by atoms with Gasteiger partial charge in [-0.3, -0.25) is 4.79 Å². The quantitative estimate of drug-likeness (QED) is 0.176. The van der Waals surface area contributed by atoms with Gasteiger partial charge in [0.1, 0.15) is 0 Å². The number of unbranched alkanes of at least 4 members (excludes halogenated alkanes) is 15. The SMILES string of the molecule is CCCCCCCCCCCCCCCCCCOc1cn(C=Cc2ccccc2)c(CO)cc1=O. The van der Waals surface area contributed by atoms with E-state index in [2.05, 4.69) is 6.92 Å². The number of hydrogen-bond acceptors (Lipinski definition) is 3. The molecule has 2 aromatic rings. The number of rotatable bonds is 21. The molecule has 0 unspecified atom stereocenters. The molecule has 0 aliphatic carbocycles. The van der Waals surface area contributed by atoms with E-state index in [1.54, 1.807) is 10.8 Å². The van der Waals surface area contributed by atoms with Crippen LogP contribution in [0.1, 0.15) is 121 Å². The van der Waals surface area contributed by atoms with Crippen LogP contribution in [0, 0.1) is 0 Å². The van der Waals surface area contributed by atoms with E-state index < -0.39 is 0 Å².